The Hall–Kier alpha value is -4.69. The van der Waals surface area contributed by atoms with Crippen LogP contribution in [0.1, 0.15) is 113 Å². The number of benzene rings is 4. The van der Waals surface area contributed by atoms with E-state index in [9.17, 15) is 26.4 Å². The zero-order valence-electron chi connectivity index (χ0n) is 39.4. The van der Waals surface area contributed by atoms with Gasteiger partial charge in [-0.15, -0.1) is 0 Å². The van der Waals surface area contributed by atoms with Gasteiger partial charge in [-0.25, -0.2) is 18.2 Å². The number of hydrogen-bond donors (Lipinski definition) is 2. The molecule has 5 aliphatic heterocycles. The van der Waals surface area contributed by atoms with Crippen molar-refractivity contribution in [3.63, 3.8) is 0 Å². The smallest absolute Gasteiger partial charge is 0.304 e. The fraction of sp³-hybridized carbons (Fsp3) is 0.500. The van der Waals surface area contributed by atoms with Crippen LogP contribution >= 0.6 is 11.6 Å². The third-order valence-electron chi connectivity index (χ3n) is 16.0. The number of nitrogens with zero attached hydrogens (tertiary/aromatic N) is 4. The molecule has 5 heterocycles. The number of rotatable bonds is 18. The van der Waals surface area contributed by atoms with Crippen molar-refractivity contribution in [3.8, 4) is 11.5 Å². The number of fused-ring (bicyclic) bond motifs is 2. The van der Waals surface area contributed by atoms with Gasteiger partial charge in [-0.2, -0.15) is 25.4 Å². The Morgan fingerprint density at radius 1 is 0.662 bits per heavy atom. The highest BCUT2D eigenvalue weighted by molar-refractivity contribution is 7.88. The van der Waals surface area contributed by atoms with Crippen LogP contribution in [0.3, 0.4) is 0 Å². The van der Waals surface area contributed by atoms with Crippen molar-refractivity contribution in [1.29, 1.82) is 0 Å². The molecule has 19 heteroatoms. The minimum Gasteiger partial charge on any atom is -0.493 e. The Morgan fingerprint density at radius 2 is 1.21 bits per heavy atom. The molecule has 14 nitrogen and oxygen atoms in total. The molecule has 2 saturated carbocycles. The SMILES string of the molecule is O=C(NS(=O)(=O)N1CCC1)c1cc(C2CC2C2CC2c2cc(C(=O)NS(=O)(=O)N3CCC3)c(F)cc2O[C@@H]2CCN(Cc3ccccc3)C2)c(OCC2CC3CCC(C2)N3Cc2ccccc2Cl)cc1F. The third-order valence-corrected chi connectivity index (χ3v) is 19.4. The number of amides is 2. The molecule has 7 fully saturated rings. The van der Waals surface area contributed by atoms with Gasteiger partial charge >= 0.3 is 20.4 Å². The van der Waals surface area contributed by atoms with E-state index in [-0.39, 0.29) is 61.9 Å². The van der Waals surface area contributed by atoms with Crippen LogP contribution in [-0.2, 0) is 33.5 Å². The van der Waals surface area contributed by atoms with Gasteiger partial charge in [0, 0.05) is 81.6 Å². The number of nitrogens with one attached hydrogen (secondary N) is 2. The van der Waals surface area contributed by atoms with E-state index in [1.54, 1.807) is 0 Å². The number of carbonyl (C=O) groups is 2. The standard InChI is InChI=1S/C52H59ClF2N6O8S2/c53-46-11-5-4-10-34(46)29-61-35-12-13-36(61)21-33(20-35)31-68-49-26-47(54)44(51(62)56-70(64,65)59-15-6-16-59)24-42(49)40-22-38(40)39-23-41(39)43-25-45(52(63)57-71(66,67)60-17-7-18-60)48(55)27-50(43)69-37-14-19-58(30-37)28-32-8-2-1-3-9-32/h1-5,8-11,24-27,33,35-41H,6-7,12-23,28-31H2,(H,56,62)(H,57,63)/t33?,35?,36?,37-,38?,39?,40?,41?/m1/s1. The average molecular weight is 1030 g/mol. The maximum absolute atomic E-state index is 16.1. The van der Waals surface area contributed by atoms with Crippen LogP contribution in [0.5, 0.6) is 11.5 Å². The highest BCUT2D eigenvalue weighted by Gasteiger charge is 2.56. The quantitative estimate of drug-likeness (QED) is 0.103. The monoisotopic (exact) mass is 1030 g/mol. The van der Waals surface area contributed by atoms with E-state index in [0.717, 1.165) is 64.5 Å². The summed E-state index contributed by atoms with van der Waals surface area (Å²) >= 11 is 6.55. The van der Waals surface area contributed by atoms with Crippen molar-refractivity contribution in [3.05, 3.63) is 129 Å². The minimum absolute atomic E-state index is 0.0201. The van der Waals surface area contributed by atoms with Crippen molar-refractivity contribution >= 4 is 43.8 Å². The van der Waals surface area contributed by atoms with Crippen molar-refractivity contribution in [2.24, 2.45) is 17.8 Å². The summed E-state index contributed by atoms with van der Waals surface area (Å²) in [6.07, 6.45) is 7.06. The van der Waals surface area contributed by atoms with Gasteiger partial charge in [0.05, 0.1) is 17.7 Å². The summed E-state index contributed by atoms with van der Waals surface area (Å²) in [5.41, 5.74) is 2.70. The molecular formula is C52H59ClF2N6O8S2. The number of ether oxygens (including phenoxy) is 2. The maximum atomic E-state index is 16.1. The number of likely N-dealkylation sites (tertiary alicyclic amines) is 1. The van der Waals surface area contributed by atoms with Crippen LogP contribution in [0.25, 0.3) is 0 Å². The van der Waals surface area contributed by atoms with Gasteiger partial charge in [-0.1, -0.05) is 60.1 Å². The summed E-state index contributed by atoms with van der Waals surface area (Å²) in [5.74, 6) is -3.40. The highest BCUT2D eigenvalue weighted by Crippen LogP contribution is 2.67. The second kappa shape index (κ2) is 19.6. The predicted molar refractivity (Wildman–Crippen MR) is 262 cm³/mol. The third kappa shape index (κ3) is 10.3. The summed E-state index contributed by atoms with van der Waals surface area (Å²) in [6, 6.07) is 24.0. The molecule has 11 rings (SSSR count). The molecule has 4 aromatic carbocycles. The number of piperidine rings is 1. The van der Waals surface area contributed by atoms with Gasteiger partial charge in [0.1, 0.15) is 29.2 Å². The molecule has 0 spiro atoms. The molecule has 378 valence electrons. The van der Waals surface area contributed by atoms with E-state index >= 15 is 8.78 Å². The van der Waals surface area contributed by atoms with E-state index in [0.29, 0.717) is 80.0 Å². The molecule has 71 heavy (non-hydrogen) atoms. The van der Waals surface area contributed by atoms with Crippen LogP contribution < -0.4 is 18.9 Å². The Labute approximate surface area is 419 Å². The number of carbonyl (C=O) groups excluding carboxylic acids is 2. The van der Waals surface area contributed by atoms with E-state index in [1.165, 1.54) is 29.8 Å². The molecule has 0 aromatic heterocycles. The van der Waals surface area contributed by atoms with Gasteiger partial charge in [-0.3, -0.25) is 19.4 Å². The zero-order valence-corrected chi connectivity index (χ0v) is 41.7. The Balaban J connectivity index is 0.835. The van der Waals surface area contributed by atoms with Crippen LogP contribution in [0.15, 0.2) is 78.9 Å². The minimum atomic E-state index is -4.16. The molecule has 7 atom stereocenters. The second-order valence-electron chi connectivity index (χ2n) is 20.7. The summed E-state index contributed by atoms with van der Waals surface area (Å²) in [7, 11) is -8.32. The molecule has 2 bridgehead atoms. The summed E-state index contributed by atoms with van der Waals surface area (Å²) < 4.78 is 104. The summed E-state index contributed by atoms with van der Waals surface area (Å²) in [6.45, 7) is 4.32. The van der Waals surface area contributed by atoms with Gasteiger partial charge in [0.2, 0.25) is 0 Å². The second-order valence-corrected chi connectivity index (χ2v) is 24.4. The predicted octanol–water partition coefficient (Wildman–Crippen LogP) is 7.36. The molecule has 2 amide bonds. The normalized spacial score (nSPS) is 27.6. The fourth-order valence-corrected chi connectivity index (χ4v) is 14.4. The molecule has 7 aliphatic rings. The maximum Gasteiger partial charge on any atom is 0.304 e. The molecule has 5 saturated heterocycles. The number of halogens is 3. The topological polar surface area (TPSA) is 158 Å². The van der Waals surface area contributed by atoms with Crippen LogP contribution in [0, 0.1) is 29.4 Å². The number of hydrogen-bond acceptors (Lipinski definition) is 10. The molecule has 0 radical (unpaired) electrons. The molecule has 2 N–H and O–H groups in total. The lowest BCUT2D eigenvalue weighted by Gasteiger charge is -2.39. The Morgan fingerprint density at radius 3 is 1.77 bits per heavy atom. The summed E-state index contributed by atoms with van der Waals surface area (Å²) in [4.78, 5) is 31.9. The highest BCUT2D eigenvalue weighted by atomic mass is 35.5. The lowest BCUT2D eigenvalue weighted by molar-refractivity contribution is 0.0735. The van der Waals surface area contributed by atoms with Gasteiger partial charge in [0.15, 0.2) is 0 Å². The Kier molecular flexibility index (Phi) is 13.4. The van der Waals surface area contributed by atoms with Crippen molar-refractivity contribution in [2.75, 3.05) is 45.9 Å². The lowest BCUT2D eigenvalue weighted by Crippen LogP contribution is -2.49. The first kappa shape index (κ1) is 48.6. The molecule has 6 unspecified atom stereocenters. The van der Waals surface area contributed by atoms with Crippen molar-refractivity contribution < 1.29 is 44.7 Å². The van der Waals surface area contributed by atoms with Gasteiger partial charge in [0.25, 0.3) is 11.8 Å². The Bertz CT molecular complexity index is 2920. The first-order chi connectivity index (χ1) is 34.2. The van der Waals surface area contributed by atoms with Crippen LogP contribution in [0.2, 0.25) is 5.02 Å². The van der Waals surface area contributed by atoms with Crippen molar-refractivity contribution in [2.45, 2.75) is 101 Å². The van der Waals surface area contributed by atoms with E-state index < -0.39 is 55.0 Å². The average Bonchev–Trinajstić information content (AvgIpc) is 4.19. The lowest BCUT2D eigenvalue weighted by atomic mass is 9.91. The van der Waals surface area contributed by atoms with Crippen LogP contribution in [-0.4, -0.2) is 111 Å². The molecular weight excluding hydrogens is 974 g/mol. The van der Waals surface area contributed by atoms with Crippen LogP contribution in [0.4, 0.5) is 8.78 Å². The first-order valence-corrected chi connectivity index (χ1v) is 28.3. The largest absolute Gasteiger partial charge is 0.493 e. The molecule has 2 aliphatic carbocycles. The van der Waals surface area contributed by atoms with Gasteiger partial charge < -0.3 is 9.47 Å². The fourth-order valence-electron chi connectivity index (χ4n) is 11.8. The van der Waals surface area contributed by atoms with E-state index in [1.807, 2.05) is 36.4 Å². The molecule has 4 aromatic rings. The van der Waals surface area contributed by atoms with Gasteiger partial charge in [-0.05, 0) is 128 Å². The van der Waals surface area contributed by atoms with E-state index in [2.05, 4.69) is 37.4 Å². The summed E-state index contributed by atoms with van der Waals surface area (Å²) in [5, 5.41) is 0.752. The van der Waals surface area contributed by atoms with Crippen molar-refractivity contribution in [1.82, 2.24) is 27.9 Å². The van der Waals surface area contributed by atoms with E-state index in [4.69, 9.17) is 21.1 Å². The zero-order chi connectivity index (χ0) is 49.2. The first-order valence-electron chi connectivity index (χ1n) is 25.0.